The second kappa shape index (κ2) is 10.0. The van der Waals surface area contributed by atoms with Crippen LogP contribution in [0.25, 0.3) is 11.5 Å². The largest absolute Gasteiger partial charge is 0.497 e. The molecule has 0 radical (unpaired) electrons. The lowest BCUT2D eigenvalue weighted by Crippen LogP contribution is -2.36. The molecular weight excluding hydrogens is 444 g/mol. The Morgan fingerprint density at radius 1 is 1.24 bits per heavy atom. The lowest BCUT2D eigenvalue weighted by Gasteiger charge is -2.21. The number of hydrogen-bond acceptors (Lipinski definition) is 6. The van der Waals surface area contributed by atoms with Crippen LogP contribution >= 0.6 is 11.6 Å². The fourth-order valence-corrected chi connectivity index (χ4v) is 4.05. The van der Waals surface area contributed by atoms with Crippen molar-refractivity contribution in [2.24, 2.45) is 5.92 Å². The van der Waals surface area contributed by atoms with Gasteiger partial charge in [-0.05, 0) is 29.8 Å². The molecule has 1 aromatic heterocycles. The van der Waals surface area contributed by atoms with Crippen molar-refractivity contribution in [3.05, 3.63) is 64.9 Å². The van der Waals surface area contributed by atoms with Gasteiger partial charge in [0.25, 0.3) is 5.89 Å². The third-order valence-corrected chi connectivity index (χ3v) is 6.05. The number of carbonyl (C=O) groups is 2. The quantitative estimate of drug-likeness (QED) is 0.503. The van der Waals surface area contributed by atoms with Crippen LogP contribution in [0.15, 0.2) is 53.1 Å². The van der Waals surface area contributed by atoms with Gasteiger partial charge in [-0.3, -0.25) is 9.59 Å². The molecule has 8 nitrogen and oxygen atoms in total. The van der Waals surface area contributed by atoms with E-state index in [4.69, 9.17) is 20.9 Å². The Morgan fingerprint density at radius 3 is 2.73 bits per heavy atom. The molecule has 1 aliphatic rings. The van der Waals surface area contributed by atoms with Crippen molar-refractivity contribution in [2.45, 2.75) is 19.4 Å². The second-order valence-electron chi connectivity index (χ2n) is 8.03. The summed E-state index contributed by atoms with van der Waals surface area (Å²) in [6.07, 6.45) is 0.657. The minimum absolute atomic E-state index is 0.0138. The van der Waals surface area contributed by atoms with Crippen molar-refractivity contribution in [2.75, 3.05) is 27.2 Å². The third kappa shape index (κ3) is 5.34. The number of rotatable bonds is 8. The van der Waals surface area contributed by atoms with Gasteiger partial charge < -0.3 is 19.1 Å². The minimum Gasteiger partial charge on any atom is -0.497 e. The van der Waals surface area contributed by atoms with E-state index in [0.717, 1.165) is 11.3 Å². The van der Waals surface area contributed by atoms with Gasteiger partial charge in [0.1, 0.15) is 5.75 Å². The molecule has 0 spiro atoms. The van der Waals surface area contributed by atoms with Gasteiger partial charge >= 0.3 is 0 Å². The van der Waals surface area contributed by atoms with Gasteiger partial charge in [-0.2, -0.15) is 4.98 Å². The molecule has 0 saturated carbocycles. The first-order valence-electron chi connectivity index (χ1n) is 10.7. The zero-order valence-corrected chi connectivity index (χ0v) is 19.3. The van der Waals surface area contributed by atoms with Crippen molar-refractivity contribution in [1.29, 1.82) is 0 Å². The van der Waals surface area contributed by atoms with Crippen LogP contribution < -0.4 is 4.74 Å². The number of hydrogen-bond donors (Lipinski definition) is 0. The highest BCUT2D eigenvalue weighted by atomic mass is 35.5. The smallest absolute Gasteiger partial charge is 0.259 e. The van der Waals surface area contributed by atoms with Crippen LogP contribution in [0.3, 0.4) is 0 Å². The summed E-state index contributed by atoms with van der Waals surface area (Å²) < 4.78 is 10.5. The number of amides is 2. The zero-order valence-electron chi connectivity index (χ0n) is 18.5. The molecule has 33 heavy (non-hydrogen) atoms. The van der Waals surface area contributed by atoms with Gasteiger partial charge in [-0.15, -0.1) is 0 Å². The van der Waals surface area contributed by atoms with Crippen LogP contribution in [0.4, 0.5) is 0 Å². The summed E-state index contributed by atoms with van der Waals surface area (Å²) in [5.41, 5.74) is 1.67. The summed E-state index contributed by atoms with van der Waals surface area (Å²) in [5.74, 6) is 1.18. The molecule has 0 aliphatic carbocycles. The average Bonchev–Trinajstić information content (AvgIpc) is 3.44. The van der Waals surface area contributed by atoms with Gasteiger partial charge in [-0.1, -0.05) is 41.0 Å². The van der Waals surface area contributed by atoms with E-state index < -0.39 is 0 Å². The van der Waals surface area contributed by atoms with E-state index >= 15 is 0 Å². The van der Waals surface area contributed by atoms with Gasteiger partial charge in [0.15, 0.2) is 5.82 Å². The lowest BCUT2D eigenvalue weighted by molar-refractivity contribution is -0.134. The maximum atomic E-state index is 12.9. The maximum absolute atomic E-state index is 12.9. The van der Waals surface area contributed by atoms with E-state index in [2.05, 4.69) is 10.1 Å². The summed E-state index contributed by atoms with van der Waals surface area (Å²) in [6, 6.07) is 14.8. The Labute approximate surface area is 197 Å². The van der Waals surface area contributed by atoms with Gasteiger partial charge in [-0.25, -0.2) is 0 Å². The molecule has 4 rings (SSSR count). The Morgan fingerprint density at radius 2 is 2.00 bits per heavy atom. The Balaban J connectivity index is 1.30. The van der Waals surface area contributed by atoms with E-state index in [0.29, 0.717) is 48.4 Å². The molecule has 3 aromatic rings. The monoisotopic (exact) mass is 468 g/mol. The van der Waals surface area contributed by atoms with Crippen molar-refractivity contribution in [3.63, 3.8) is 0 Å². The number of carbonyl (C=O) groups excluding carboxylic acids is 2. The highest BCUT2D eigenvalue weighted by molar-refractivity contribution is 6.33. The van der Waals surface area contributed by atoms with E-state index in [1.54, 1.807) is 30.0 Å². The van der Waals surface area contributed by atoms with Crippen molar-refractivity contribution in [1.82, 2.24) is 19.9 Å². The van der Waals surface area contributed by atoms with Gasteiger partial charge in [0, 0.05) is 39.5 Å². The molecule has 0 unspecified atom stereocenters. The first-order valence-corrected chi connectivity index (χ1v) is 11.1. The molecule has 1 fully saturated rings. The van der Waals surface area contributed by atoms with E-state index in [-0.39, 0.29) is 24.2 Å². The molecule has 1 atom stereocenters. The van der Waals surface area contributed by atoms with E-state index in [9.17, 15) is 9.59 Å². The topological polar surface area (TPSA) is 88.8 Å². The standard InChI is InChI=1S/C24H25ClN4O4/c1-28(12-11-21-26-23(33-27-21)19-5-3-4-6-20(19)25)24(31)17-13-22(30)29(15-17)14-16-7-9-18(32-2)10-8-16/h3-10,17H,11-15H2,1-2H3/t17-/m0/s1. The highest BCUT2D eigenvalue weighted by Gasteiger charge is 2.35. The third-order valence-electron chi connectivity index (χ3n) is 5.72. The molecule has 172 valence electrons. The van der Waals surface area contributed by atoms with Crippen molar-refractivity contribution < 1.29 is 18.8 Å². The SMILES string of the molecule is COc1ccc(CN2C[C@@H](C(=O)N(C)CCc3noc(-c4ccccc4Cl)n3)CC2=O)cc1. The number of benzene rings is 2. The number of likely N-dealkylation sites (N-methyl/N-ethyl adjacent to an activating group) is 1. The minimum atomic E-state index is -0.357. The second-order valence-corrected chi connectivity index (χ2v) is 8.44. The molecule has 2 heterocycles. The van der Waals surface area contributed by atoms with Crippen LogP contribution in [0, 0.1) is 5.92 Å². The Hall–Kier alpha value is -3.39. The van der Waals surface area contributed by atoms with Crippen molar-refractivity contribution in [3.8, 4) is 17.2 Å². The number of likely N-dealkylation sites (tertiary alicyclic amines) is 1. The van der Waals surface area contributed by atoms with Gasteiger partial charge in [0.05, 0.1) is 23.6 Å². The van der Waals surface area contributed by atoms with Crippen LogP contribution in [0.5, 0.6) is 5.75 Å². The van der Waals surface area contributed by atoms with E-state index in [1.807, 2.05) is 42.5 Å². The fraction of sp³-hybridized carbons (Fsp3) is 0.333. The van der Waals surface area contributed by atoms with Crippen molar-refractivity contribution >= 4 is 23.4 Å². The Bertz CT molecular complexity index is 1130. The maximum Gasteiger partial charge on any atom is 0.259 e. The van der Waals surface area contributed by atoms with E-state index in [1.165, 1.54) is 0 Å². The molecule has 2 amide bonds. The number of aromatic nitrogens is 2. The Kier molecular flexibility index (Phi) is 6.93. The van der Waals surface area contributed by atoms with Crippen LogP contribution in [-0.4, -0.2) is 59.0 Å². The molecule has 0 bridgehead atoms. The number of methoxy groups -OCH3 is 1. The molecule has 1 aliphatic heterocycles. The summed E-state index contributed by atoms with van der Waals surface area (Å²) in [4.78, 5) is 33.1. The predicted molar refractivity (Wildman–Crippen MR) is 123 cm³/mol. The van der Waals surface area contributed by atoms with Crippen LogP contribution in [0.2, 0.25) is 5.02 Å². The summed E-state index contributed by atoms with van der Waals surface area (Å²) in [7, 11) is 3.34. The average molecular weight is 469 g/mol. The zero-order chi connectivity index (χ0) is 23.4. The number of halogens is 1. The van der Waals surface area contributed by atoms with Crippen LogP contribution in [-0.2, 0) is 22.6 Å². The summed E-state index contributed by atoms with van der Waals surface area (Å²) >= 11 is 6.18. The molecule has 1 saturated heterocycles. The molecular formula is C24H25ClN4O4. The summed E-state index contributed by atoms with van der Waals surface area (Å²) in [5, 5.41) is 4.52. The molecule has 2 aromatic carbocycles. The number of nitrogens with zero attached hydrogens (tertiary/aromatic N) is 4. The van der Waals surface area contributed by atoms with Gasteiger partial charge in [0.2, 0.25) is 11.8 Å². The first-order chi connectivity index (χ1) is 15.9. The predicted octanol–water partition coefficient (Wildman–Crippen LogP) is 3.45. The normalized spacial score (nSPS) is 15.7. The lowest BCUT2D eigenvalue weighted by atomic mass is 10.1. The molecule has 0 N–H and O–H groups in total. The number of ether oxygens (including phenoxy) is 1. The highest BCUT2D eigenvalue weighted by Crippen LogP contribution is 2.26. The first kappa shape index (κ1) is 22.8. The molecule has 9 heteroatoms. The van der Waals surface area contributed by atoms with Crippen LogP contribution in [0.1, 0.15) is 17.8 Å². The fourth-order valence-electron chi connectivity index (χ4n) is 3.83. The summed E-state index contributed by atoms with van der Waals surface area (Å²) in [6.45, 7) is 1.31.